The number of anilines is 2. The van der Waals surface area contributed by atoms with Gasteiger partial charge in [0.25, 0.3) is 11.8 Å². The van der Waals surface area contributed by atoms with Crippen LogP contribution < -0.4 is 10.2 Å². The Morgan fingerprint density at radius 3 is 2.37 bits per heavy atom. The Bertz CT molecular complexity index is 1130. The molecule has 0 fully saturated rings. The third-order valence-corrected chi connectivity index (χ3v) is 4.68. The predicted molar refractivity (Wildman–Crippen MR) is 114 cm³/mol. The topological polar surface area (TPSA) is 75.7 Å². The van der Waals surface area contributed by atoms with Gasteiger partial charge in [-0.25, -0.2) is 0 Å². The summed E-state index contributed by atoms with van der Waals surface area (Å²) in [5.74, 6) is 0.301. The van der Waals surface area contributed by atoms with Gasteiger partial charge in [-0.2, -0.15) is 0 Å². The Morgan fingerprint density at radius 2 is 1.67 bits per heavy atom. The zero-order chi connectivity index (χ0) is 20.9. The molecule has 2 amide bonds. The molecule has 2 aromatic carbocycles. The summed E-state index contributed by atoms with van der Waals surface area (Å²) >= 11 is 0. The number of nitrogens with zero attached hydrogens (tertiary/aromatic N) is 1. The molecule has 0 atom stereocenters. The number of carbonyl (C=O) groups is 2. The maximum absolute atomic E-state index is 13.4. The number of rotatable bonds is 6. The zero-order valence-corrected chi connectivity index (χ0v) is 16.4. The van der Waals surface area contributed by atoms with Crippen molar-refractivity contribution in [2.75, 3.05) is 10.2 Å². The Hall–Kier alpha value is -4.06. The highest BCUT2D eigenvalue weighted by molar-refractivity contribution is 6.08. The molecule has 2 aromatic heterocycles. The quantitative estimate of drug-likeness (QED) is 0.478. The second-order valence-corrected chi connectivity index (χ2v) is 6.77. The van der Waals surface area contributed by atoms with Gasteiger partial charge in [0.05, 0.1) is 19.1 Å². The molecule has 150 valence electrons. The molecular weight excluding hydrogens is 380 g/mol. The molecule has 0 saturated carbocycles. The summed E-state index contributed by atoms with van der Waals surface area (Å²) in [6.45, 7) is 2.15. The molecule has 0 unspecified atom stereocenters. The highest BCUT2D eigenvalue weighted by Crippen LogP contribution is 2.24. The molecule has 1 N–H and O–H groups in total. The van der Waals surface area contributed by atoms with Crippen LogP contribution in [0.4, 0.5) is 11.4 Å². The number of furan rings is 2. The summed E-state index contributed by atoms with van der Waals surface area (Å²) in [7, 11) is 0. The van der Waals surface area contributed by atoms with Crippen molar-refractivity contribution < 1.29 is 18.4 Å². The second kappa shape index (κ2) is 8.53. The molecule has 0 radical (unpaired) electrons. The van der Waals surface area contributed by atoms with E-state index in [4.69, 9.17) is 8.83 Å². The van der Waals surface area contributed by atoms with E-state index in [1.54, 1.807) is 47.6 Å². The fourth-order valence-corrected chi connectivity index (χ4v) is 3.08. The third kappa shape index (κ3) is 4.17. The molecule has 0 aliphatic rings. The first kappa shape index (κ1) is 19.3. The Labute approximate surface area is 173 Å². The highest BCUT2D eigenvalue weighted by Gasteiger charge is 2.20. The van der Waals surface area contributed by atoms with Gasteiger partial charge < -0.3 is 19.1 Å². The predicted octanol–water partition coefficient (Wildman–Crippen LogP) is 5.28. The number of nitrogens with one attached hydrogen (secondary N) is 1. The smallest absolute Gasteiger partial charge is 0.291 e. The fraction of sp³-hybridized carbons (Fsp3) is 0.0833. The molecule has 0 aliphatic carbocycles. The van der Waals surface area contributed by atoms with Gasteiger partial charge in [-0.05, 0) is 61.0 Å². The van der Waals surface area contributed by atoms with E-state index in [0.717, 1.165) is 11.3 Å². The van der Waals surface area contributed by atoms with Gasteiger partial charge in [0, 0.05) is 16.9 Å². The van der Waals surface area contributed by atoms with E-state index in [-0.39, 0.29) is 24.1 Å². The lowest BCUT2D eigenvalue weighted by Gasteiger charge is -2.22. The molecule has 2 heterocycles. The number of aryl methyl sites for hydroxylation is 1. The third-order valence-electron chi connectivity index (χ3n) is 4.68. The van der Waals surface area contributed by atoms with Crippen LogP contribution in [0.5, 0.6) is 0 Å². The van der Waals surface area contributed by atoms with Crippen LogP contribution in [0.25, 0.3) is 0 Å². The van der Waals surface area contributed by atoms with Gasteiger partial charge in [-0.1, -0.05) is 24.3 Å². The van der Waals surface area contributed by atoms with Crippen molar-refractivity contribution in [1.82, 2.24) is 0 Å². The van der Waals surface area contributed by atoms with Crippen LogP contribution in [0.2, 0.25) is 0 Å². The SMILES string of the molecule is Cc1ccc(C(=O)N(Cc2ccco2)c2ccccc2)cc1NC(=O)c1ccco1. The van der Waals surface area contributed by atoms with Crippen molar-refractivity contribution in [3.05, 3.63) is 108 Å². The molecule has 6 heteroatoms. The Balaban J connectivity index is 1.63. The molecule has 4 aromatic rings. The average molecular weight is 400 g/mol. The van der Waals surface area contributed by atoms with Crippen LogP contribution in [0.3, 0.4) is 0 Å². The number of amides is 2. The van der Waals surface area contributed by atoms with E-state index >= 15 is 0 Å². The summed E-state index contributed by atoms with van der Waals surface area (Å²) in [6.07, 6.45) is 3.02. The minimum Gasteiger partial charge on any atom is -0.467 e. The fourth-order valence-electron chi connectivity index (χ4n) is 3.08. The van der Waals surface area contributed by atoms with E-state index in [1.807, 2.05) is 43.3 Å². The number of carbonyl (C=O) groups excluding carboxylic acids is 2. The summed E-state index contributed by atoms with van der Waals surface area (Å²) < 4.78 is 10.6. The molecule has 6 nitrogen and oxygen atoms in total. The maximum atomic E-state index is 13.4. The van der Waals surface area contributed by atoms with E-state index in [0.29, 0.717) is 17.0 Å². The van der Waals surface area contributed by atoms with Crippen molar-refractivity contribution in [2.24, 2.45) is 0 Å². The average Bonchev–Trinajstić information content (AvgIpc) is 3.48. The number of benzene rings is 2. The number of hydrogen-bond donors (Lipinski definition) is 1. The van der Waals surface area contributed by atoms with Crippen molar-refractivity contribution >= 4 is 23.2 Å². The van der Waals surface area contributed by atoms with Gasteiger partial charge in [-0.3, -0.25) is 9.59 Å². The van der Waals surface area contributed by atoms with E-state index in [1.165, 1.54) is 6.26 Å². The Kier molecular flexibility index (Phi) is 5.48. The van der Waals surface area contributed by atoms with Gasteiger partial charge in [0.15, 0.2) is 5.76 Å². The summed E-state index contributed by atoms with van der Waals surface area (Å²) in [5, 5.41) is 2.81. The van der Waals surface area contributed by atoms with Crippen molar-refractivity contribution in [3.8, 4) is 0 Å². The summed E-state index contributed by atoms with van der Waals surface area (Å²) in [4.78, 5) is 27.4. The standard InChI is InChI=1S/C24H20N2O4/c1-17-11-12-18(15-21(17)25-23(27)22-10-6-14-30-22)24(28)26(16-20-9-5-13-29-20)19-7-3-2-4-8-19/h2-15H,16H2,1H3,(H,25,27). The van der Waals surface area contributed by atoms with Crippen LogP contribution in [0, 0.1) is 6.92 Å². The first-order valence-corrected chi connectivity index (χ1v) is 9.46. The largest absolute Gasteiger partial charge is 0.467 e. The van der Waals surface area contributed by atoms with Crippen LogP contribution in [0.1, 0.15) is 32.2 Å². The lowest BCUT2D eigenvalue weighted by molar-refractivity contribution is 0.0978. The van der Waals surface area contributed by atoms with E-state index in [2.05, 4.69) is 5.32 Å². The van der Waals surface area contributed by atoms with E-state index < -0.39 is 0 Å². The molecule has 4 rings (SSSR count). The minimum atomic E-state index is -0.372. The van der Waals surface area contributed by atoms with Gasteiger partial charge in [-0.15, -0.1) is 0 Å². The first-order chi connectivity index (χ1) is 14.6. The minimum absolute atomic E-state index is 0.203. The van der Waals surface area contributed by atoms with Crippen molar-refractivity contribution in [2.45, 2.75) is 13.5 Å². The van der Waals surface area contributed by atoms with Gasteiger partial charge >= 0.3 is 0 Å². The molecule has 0 aliphatic heterocycles. The van der Waals surface area contributed by atoms with E-state index in [9.17, 15) is 9.59 Å². The van der Waals surface area contributed by atoms with Crippen molar-refractivity contribution in [1.29, 1.82) is 0 Å². The second-order valence-electron chi connectivity index (χ2n) is 6.77. The molecule has 0 spiro atoms. The molecule has 30 heavy (non-hydrogen) atoms. The first-order valence-electron chi connectivity index (χ1n) is 9.46. The van der Waals surface area contributed by atoms with Gasteiger partial charge in [0.2, 0.25) is 0 Å². The number of para-hydroxylation sites is 1. The van der Waals surface area contributed by atoms with Crippen LogP contribution in [-0.4, -0.2) is 11.8 Å². The zero-order valence-electron chi connectivity index (χ0n) is 16.4. The van der Waals surface area contributed by atoms with Crippen molar-refractivity contribution in [3.63, 3.8) is 0 Å². The maximum Gasteiger partial charge on any atom is 0.291 e. The van der Waals surface area contributed by atoms with Crippen LogP contribution in [-0.2, 0) is 6.54 Å². The molecule has 0 saturated heterocycles. The highest BCUT2D eigenvalue weighted by atomic mass is 16.3. The van der Waals surface area contributed by atoms with Crippen LogP contribution in [0.15, 0.2) is 94.2 Å². The monoisotopic (exact) mass is 400 g/mol. The Morgan fingerprint density at radius 1 is 0.900 bits per heavy atom. The van der Waals surface area contributed by atoms with Crippen LogP contribution >= 0.6 is 0 Å². The molecular formula is C24H20N2O4. The summed E-state index contributed by atoms with van der Waals surface area (Å²) in [6, 6.07) is 21.5. The van der Waals surface area contributed by atoms with Gasteiger partial charge in [0.1, 0.15) is 5.76 Å². The number of hydrogen-bond acceptors (Lipinski definition) is 4. The summed E-state index contributed by atoms with van der Waals surface area (Å²) in [5.41, 5.74) is 2.59. The normalized spacial score (nSPS) is 10.6. The molecule has 0 bridgehead atoms. The lowest BCUT2D eigenvalue weighted by Crippen LogP contribution is -2.30. The lowest BCUT2D eigenvalue weighted by atomic mass is 10.1.